The Kier molecular flexibility index (Phi) is 9.23. The van der Waals surface area contributed by atoms with Crippen molar-refractivity contribution in [2.45, 2.75) is 44.6 Å². The van der Waals surface area contributed by atoms with Crippen LogP contribution in [0.5, 0.6) is 0 Å². The standard InChI is InChI=1S/C24H32N4O6S2/c1-5-12-28(13-6-2)36(32,33)17-9-7-16(8-10-17)21(29)25-23-20(22(30)26-24(31)34-4)18-11-14-27(3)15-19(18)35-23/h7-10H,5-6,11-15H2,1-4H3,(H,25,29)(H,26,30,31). The number of likely N-dealkylation sites (N-methyl/N-ethyl adjacent to an activating group) is 1. The van der Waals surface area contributed by atoms with Gasteiger partial charge in [0.05, 0.1) is 17.6 Å². The molecule has 10 nitrogen and oxygen atoms in total. The van der Waals surface area contributed by atoms with Gasteiger partial charge >= 0.3 is 6.09 Å². The number of nitrogens with zero attached hydrogens (tertiary/aromatic N) is 2. The van der Waals surface area contributed by atoms with Gasteiger partial charge in [-0.25, -0.2) is 13.2 Å². The summed E-state index contributed by atoms with van der Waals surface area (Å²) in [5, 5.41) is 5.28. The van der Waals surface area contributed by atoms with Crippen molar-refractivity contribution in [2.24, 2.45) is 0 Å². The normalized spacial score (nSPS) is 13.8. The molecule has 0 bridgehead atoms. The van der Waals surface area contributed by atoms with Gasteiger partial charge in [-0.2, -0.15) is 4.31 Å². The van der Waals surface area contributed by atoms with E-state index >= 15 is 0 Å². The topological polar surface area (TPSA) is 125 Å². The third kappa shape index (κ3) is 6.12. The lowest BCUT2D eigenvalue weighted by Gasteiger charge is -2.22. The molecule has 0 fully saturated rings. The van der Waals surface area contributed by atoms with Crippen LogP contribution in [-0.2, 0) is 27.7 Å². The predicted octanol–water partition coefficient (Wildman–Crippen LogP) is 3.30. The molecule has 2 N–H and O–H groups in total. The molecule has 1 aromatic carbocycles. The van der Waals surface area contributed by atoms with Crippen LogP contribution >= 0.6 is 11.3 Å². The van der Waals surface area contributed by atoms with E-state index in [2.05, 4.69) is 20.3 Å². The largest absolute Gasteiger partial charge is 0.453 e. The Bertz CT molecular complexity index is 1220. The molecular weight excluding hydrogens is 504 g/mol. The Labute approximate surface area is 215 Å². The van der Waals surface area contributed by atoms with Crippen molar-refractivity contribution in [3.8, 4) is 0 Å². The van der Waals surface area contributed by atoms with Crippen LogP contribution in [0.4, 0.5) is 9.80 Å². The van der Waals surface area contributed by atoms with Crippen LogP contribution in [0, 0.1) is 0 Å². The maximum absolute atomic E-state index is 13.0. The van der Waals surface area contributed by atoms with Gasteiger partial charge in [0.2, 0.25) is 10.0 Å². The molecule has 3 amide bonds. The molecule has 0 saturated carbocycles. The Morgan fingerprint density at radius 3 is 2.31 bits per heavy atom. The minimum absolute atomic E-state index is 0.119. The smallest absolute Gasteiger partial charge is 0.413 e. The van der Waals surface area contributed by atoms with Gasteiger partial charge < -0.3 is 15.0 Å². The van der Waals surface area contributed by atoms with E-state index in [9.17, 15) is 22.8 Å². The number of alkyl carbamates (subject to hydrolysis) is 1. The zero-order valence-corrected chi connectivity index (χ0v) is 22.6. The fourth-order valence-corrected chi connectivity index (χ4v) is 6.96. The summed E-state index contributed by atoms with van der Waals surface area (Å²) in [7, 11) is -0.535. The number of nitrogens with one attached hydrogen (secondary N) is 2. The lowest BCUT2D eigenvalue weighted by Crippen LogP contribution is -2.33. The molecule has 0 unspecified atom stereocenters. The molecule has 0 aliphatic carbocycles. The number of sulfonamides is 1. The first-order valence-electron chi connectivity index (χ1n) is 11.8. The molecule has 1 aromatic heterocycles. The number of imide groups is 1. The summed E-state index contributed by atoms with van der Waals surface area (Å²) in [6.07, 6.45) is 1.11. The second-order valence-electron chi connectivity index (χ2n) is 8.52. The van der Waals surface area contributed by atoms with Crippen molar-refractivity contribution in [2.75, 3.05) is 39.1 Å². The zero-order chi connectivity index (χ0) is 26.5. The summed E-state index contributed by atoms with van der Waals surface area (Å²) in [4.78, 5) is 40.7. The Balaban J connectivity index is 1.86. The number of rotatable bonds is 9. The Morgan fingerprint density at radius 2 is 1.72 bits per heavy atom. The summed E-state index contributed by atoms with van der Waals surface area (Å²) >= 11 is 1.28. The van der Waals surface area contributed by atoms with Crippen molar-refractivity contribution in [3.05, 3.63) is 45.8 Å². The van der Waals surface area contributed by atoms with E-state index in [1.165, 1.54) is 39.9 Å². The van der Waals surface area contributed by atoms with Crippen LogP contribution in [0.1, 0.15) is 57.8 Å². The molecule has 3 rings (SSSR count). The zero-order valence-electron chi connectivity index (χ0n) is 20.9. The first-order valence-corrected chi connectivity index (χ1v) is 14.0. The van der Waals surface area contributed by atoms with E-state index in [-0.39, 0.29) is 16.0 Å². The number of anilines is 1. The Hall–Kier alpha value is -2.80. The maximum atomic E-state index is 13.0. The molecule has 0 saturated heterocycles. The molecule has 36 heavy (non-hydrogen) atoms. The fraction of sp³-hybridized carbons (Fsp3) is 0.458. The second-order valence-corrected chi connectivity index (χ2v) is 11.6. The van der Waals surface area contributed by atoms with Gasteiger partial charge in [0, 0.05) is 36.6 Å². The minimum atomic E-state index is -3.66. The van der Waals surface area contributed by atoms with E-state index in [1.807, 2.05) is 20.9 Å². The molecule has 0 atom stereocenters. The predicted molar refractivity (Wildman–Crippen MR) is 138 cm³/mol. The van der Waals surface area contributed by atoms with E-state index < -0.39 is 27.9 Å². The highest BCUT2D eigenvalue weighted by molar-refractivity contribution is 7.89. The second kappa shape index (κ2) is 12.0. The number of amides is 3. The van der Waals surface area contributed by atoms with Gasteiger partial charge in [-0.05, 0) is 56.1 Å². The number of hydrogen-bond acceptors (Lipinski definition) is 8. The first kappa shape index (κ1) is 27.8. The Morgan fingerprint density at radius 1 is 1.08 bits per heavy atom. The van der Waals surface area contributed by atoms with Gasteiger partial charge in [0.1, 0.15) is 5.00 Å². The van der Waals surface area contributed by atoms with Crippen molar-refractivity contribution >= 4 is 44.3 Å². The third-order valence-electron chi connectivity index (χ3n) is 5.80. The monoisotopic (exact) mass is 536 g/mol. The molecule has 0 radical (unpaired) electrons. The number of carbonyl (C=O) groups excluding carboxylic acids is 3. The van der Waals surface area contributed by atoms with E-state index in [0.717, 1.165) is 24.1 Å². The number of fused-ring (bicyclic) bond motifs is 1. The number of benzene rings is 1. The van der Waals surface area contributed by atoms with Gasteiger partial charge in [-0.1, -0.05) is 13.8 Å². The molecule has 2 heterocycles. The van der Waals surface area contributed by atoms with Crippen LogP contribution in [0.15, 0.2) is 29.2 Å². The van der Waals surface area contributed by atoms with Crippen molar-refractivity contribution in [1.29, 1.82) is 0 Å². The average Bonchev–Trinajstić information content (AvgIpc) is 3.20. The number of thiophene rings is 1. The average molecular weight is 537 g/mol. The van der Waals surface area contributed by atoms with Crippen molar-refractivity contribution in [3.63, 3.8) is 0 Å². The lowest BCUT2D eigenvalue weighted by atomic mass is 10.0. The van der Waals surface area contributed by atoms with Gasteiger partial charge in [-0.3, -0.25) is 14.9 Å². The van der Waals surface area contributed by atoms with Gasteiger partial charge in [-0.15, -0.1) is 11.3 Å². The van der Waals surface area contributed by atoms with Crippen LogP contribution in [-0.4, -0.2) is 69.3 Å². The van der Waals surface area contributed by atoms with E-state index in [4.69, 9.17) is 0 Å². The first-order chi connectivity index (χ1) is 17.1. The summed E-state index contributed by atoms with van der Waals surface area (Å²) in [5.41, 5.74) is 1.29. The van der Waals surface area contributed by atoms with E-state index in [0.29, 0.717) is 43.9 Å². The SMILES string of the molecule is CCCN(CCC)S(=O)(=O)c1ccc(C(=O)Nc2sc3c(c2C(=O)NC(=O)OC)CCN(C)C3)cc1. The molecule has 12 heteroatoms. The molecule has 1 aliphatic heterocycles. The van der Waals surface area contributed by atoms with Crippen LogP contribution in [0.2, 0.25) is 0 Å². The van der Waals surface area contributed by atoms with Crippen LogP contribution < -0.4 is 10.6 Å². The third-order valence-corrected chi connectivity index (χ3v) is 8.85. The van der Waals surface area contributed by atoms with Crippen molar-refractivity contribution < 1.29 is 27.5 Å². The summed E-state index contributed by atoms with van der Waals surface area (Å²) in [6, 6.07) is 5.74. The minimum Gasteiger partial charge on any atom is -0.453 e. The van der Waals surface area contributed by atoms with Crippen LogP contribution in [0.25, 0.3) is 0 Å². The quantitative estimate of drug-likeness (QED) is 0.504. The molecule has 1 aliphatic rings. The molecule has 2 aromatic rings. The summed E-state index contributed by atoms with van der Waals surface area (Å²) in [5.74, 6) is -1.13. The molecule has 196 valence electrons. The van der Waals surface area contributed by atoms with E-state index in [1.54, 1.807) is 0 Å². The van der Waals surface area contributed by atoms with Gasteiger partial charge in [0.25, 0.3) is 11.8 Å². The fourth-order valence-electron chi connectivity index (χ4n) is 4.02. The summed E-state index contributed by atoms with van der Waals surface area (Å²) in [6.45, 7) is 6.04. The molecular formula is C24H32N4O6S2. The van der Waals surface area contributed by atoms with Crippen molar-refractivity contribution in [1.82, 2.24) is 14.5 Å². The number of carbonyl (C=O) groups is 3. The highest BCUT2D eigenvalue weighted by Gasteiger charge is 2.29. The highest BCUT2D eigenvalue weighted by atomic mass is 32.2. The maximum Gasteiger partial charge on any atom is 0.413 e. The van der Waals surface area contributed by atoms with Crippen LogP contribution in [0.3, 0.4) is 0 Å². The van der Waals surface area contributed by atoms with Gasteiger partial charge in [0.15, 0.2) is 0 Å². The number of hydrogen-bond donors (Lipinski definition) is 2. The molecule has 0 spiro atoms. The summed E-state index contributed by atoms with van der Waals surface area (Å²) < 4.78 is 32.0. The highest BCUT2D eigenvalue weighted by Crippen LogP contribution is 2.37. The lowest BCUT2D eigenvalue weighted by molar-refractivity contribution is 0.0936. The number of ether oxygens (including phenoxy) is 1. The number of methoxy groups -OCH3 is 1.